The summed E-state index contributed by atoms with van der Waals surface area (Å²) < 4.78 is 45.7. The molecule has 0 radical (unpaired) electrons. The molecule has 3 rings (SSSR count). The van der Waals surface area contributed by atoms with Crippen molar-refractivity contribution in [2.24, 2.45) is 0 Å². The molecule has 1 atom stereocenters. The summed E-state index contributed by atoms with van der Waals surface area (Å²) in [5.74, 6) is 0.505. The topological polar surface area (TPSA) is 70.1 Å². The Morgan fingerprint density at radius 3 is 2.17 bits per heavy atom. The lowest BCUT2D eigenvalue weighted by molar-refractivity contribution is 0.0569. The third-order valence-corrected chi connectivity index (χ3v) is 7.15. The Hall–Kier alpha value is -2.00. The predicted molar refractivity (Wildman–Crippen MR) is 114 cm³/mol. The number of ether oxygens (including phenoxy) is 1. The maximum atomic E-state index is 12.9. The van der Waals surface area contributed by atoms with Crippen LogP contribution in [0, 0.1) is 5.82 Å². The molecule has 1 aliphatic heterocycles. The third kappa shape index (κ3) is 5.78. The van der Waals surface area contributed by atoms with Crippen LogP contribution in [0.3, 0.4) is 0 Å². The van der Waals surface area contributed by atoms with Crippen molar-refractivity contribution >= 4 is 10.0 Å². The monoisotopic (exact) mass is 436 g/mol. The van der Waals surface area contributed by atoms with Gasteiger partial charge in [-0.15, -0.1) is 0 Å². The molecule has 0 spiro atoms. The number of β-amino-alcohol motifs (C(OH)–C–C–N with tert-alkyl or cyclic N) is 1. The third-order valence-electron chi connectivity index (χ3n) is 5.24. The second kappa shape index (κ2) is 9.87. The largest absolute Gasteiger partial charge is 0.491 e. The summed E-state index contributed by atoms with van der Waals surface area (Å²) in [4.78, 5) is 2.33. The van der Waals surface area contributed by atoms with Gasteiger partial charge in [0.1, 0.15) is 24.3 Å². The predicted octanol–water partition coefficient (Wildman–Crippen LogP) is 2.70. The van der Waals surface area contributed by atoms with E-state index in [9.17, 15) is 17.9 Å². The average molecular weight is 437 g/mol. The summed E-state index contributed by atoms with van der Waals surface area (Å²) >= 11 is 0. The molecule has 2 aromatic rings. The van der Waals surface area contributed by atoms with Crippen molar-refractivity contribution in [1.82, 2.24) is 9.21 Å². The van der Waals surface area contributed by atoms with Gasteiger partial charge in [-0.2, -0.15) is 4.31 Å². The molecule has 2 aromatic carbocycles. The van der Waals surface area contributed by atoms with E-state index in [-0.39, 0.29) is 12.4 Å². The lowest BCUT2D eigenvalue weighted by atomic mass is 10.0. The van der Waals surface area contributed by atoms with Gasteiger partial charge in [0.15, 0.2) is 0 Å². The number of hydrogen-bond donors (Lipinski definition) is 1. The molecule has 1 aliphatic rings. The van der Waals surface area contributed by atoms with E-state index in [4.69, 9.17) is 4.74 Å². The number of benzene rings is 2. The van der Waals surface area contributed by atoms with Crippen LogP contribution < -0.4 is 4.74 Å². The van der Waals surface area contributed by atoms with Crippen molar-refractivity contribution in [3.63, 3.8) is 0 Å². The van der Waals surface area contributed by atoms with Gasteiger partial charge >= 0.3 is 0 Å². The molecule has 0 saturated carbocycles. The molecule has 0 aliphatic carbocycles. The highest BCUT2D eigenvalue weighted by molar-refractivity contribution is 7.89. The van der Waals surface area contributed by atoms with Crippen LogP contribution in [0.4, 0.5) is 4.39 Å². The fraction of sp³-hybridized carbons (Fsp3) is 0.455. The van der Waals surface area contributed by atoms with Crippen LogP contribution in [0.15, 0.2) is 53.4 Å². The van der Waals surface area contributed by atoms with Gasteiger partial charge in [0.05, 0.1) is 4.90 Å². The minimum atomic E-state index is -3.52. The second-order valence-electron chi connectivity index (χ2n) is 7.85. The van der Waals surface area contributed by atoms with Crippen LogP contribution in [0.5, 0.6) is 5.75 Å². The zero-order valence-corrected chi connectivity index (χ0v) is 18.2. The van der Waals surface area contributed by atoms with Gasteiger partial charge in [0.25, 0.3) is 0 Å². The number of aliphatic hydroxyl groups excluding tert-OH is 1. The summed E-state index contributed by atoms with van der Waals surface area (Å²) in [6.07, 6.45) is -0.721. The van der Waals surface area contributed by atoms with Crippen molar-refractivity contribution < 1.29 is 22.7 Å². The first-order chi connectivity index (χ1) is 14.3. The summed E-state index contributed by atoms with van der Waals surface area (Å²) in [5.41, 5.74) is 1.11. The maximum Gasteiger partial charge on any atom is 0.243 e. The van der Waals surface area contributed by atoms with Crippen LogP contribution in [0.25, 0.3) is 0 Å². The van der Waals surface area contributed by atoms with Gasteiger partial charge in [0, 0.05) is 32.7 Å². The van der Waals surface area contributed by atoms with Crippen molar-refractivity contribution in [2.45, 2.75) is 30.8 Å². The molecular formula is C22H29FN2O4S. The molecule has 6 nitrogen and oxygen atoms in total. The SMILES string of the molecule is CC(C)c1ccc(S(=O)(=O)N2CCN(CC(O)COc3ccc(F)cc3)CC2)cc1. The first kappa shape index (κ1) is 22.7. The van der Waals surface area contributed by atoms with E-state index in [1.54, 1.807) is 12.1 Å². The maximum absolute atomic E-state index is 12.9. The number of nitrogens with zero attached hydrogens (tertiary/aromatic N) is 2. The summed E-state index contributed by atoms with van der Waals surface area (Å²) in [6.45, 7) is 6.45. The fourth-order valence-corrected chi connectivity index (χ4v) is 4.82. The van der Waals surface area contributed by atoms with Crippen molar-refractivity contribution in [2.75, 3.05) is 39.3 Å². The molecule has 0 amide bonds. The van der Waals surface area contributed by atoms with Crippen molar-refractivity contribution in [3.05, 3.63) is 59.9 Å². The van der Waals surface area contributed by atoms with Gasteiger partial charge < -0.3 is 9.84 Å². The Morgan fingerprint density at radius 1 is 1.00 bits per heavy atom. The number of halogens is 1. The van der Waals surface area contributed by atoms with Gasteiger partial charge in [-0.25, -0.2) is 12.8 Å². The molecule has 0 bridgehead atoms. The molecule has 1 fully saturated rings. The van der Waals surface area contributed by atoms with Gasteiger partial charge in [-0.1, -0.05) is 26.0 Å². The molecule has 30 heavy (non-hydrogen) atoms. The van der Waals surface area contributed by atoms with E-state index in [1.807, 2.05) is 17.0 Å². The number of hydrogen-bond acceptors (Lipinski definition) is 5. The van der Waals surface area contributed by atoms with Crippen LogP contribution in [0.1, 0.15) is 25.3 Å². The van der Waals surface area contributed by atoms with Crippen LogP contribution in [-0.2, 0) is 10.0 Å². The Morgan fingerprint density at radius 2 is 1.60 bits per heavy atom. The van der Waals surface area contributed by atoms with Crippen LogP contribution in [0.2, 0.25) is 0 Å². The first-order valence-electron chi connectivity index (χ1n) is 10.1. The Labute approximate surface area is 177 Å². The molecule has 0 aromatic heterocycles. The highest BCUT2D eigenvalue weighted by Gasteiger charge is 2.29. The minimum Gasteiger partial charge on any atom is -0.491 e. The normalized spacial score (nSPS) is 17.2. The highest BCUT2D eigenvalue weighted by Crippen LogP contribution is 2.21. The fourth-order valence-electron chi connectivity index (χ4n) is 3.40. The van der Waals surface area contributed by atoms with E-state index in [0.717, 1.165) is 5.56 Å². The van der Waals surface area contributed by atoms with Crippen molar-refractivity contribution in [3.8, 4) is 5.75 Å². The molecular weight excluding hydrogens is 407 g/mol. The van der Waals surface area contributed by atoms with Crippen molar-refractivity contribution in [1.29, 1.82) is 0 Å². The van der Waals surface area contributed by atoms with Gasteiger partial charge in [-0.05, 0) is 47.9 Å². The molecule has 8 heteroatoms. The average Bonchev–Trinajstić information content (AvgIpc) is 2.74. The summed E-state index contributed by atoms with van der Waals surface area (Å²) in [6, 6.07) is 12.7. The lowest BCUT2D eigenvalue weighted by Crippen LogP contribution is -2.50. The molecule has 1 saturated heterocycles. The minimum absolute atomic E-state index is 0.0896. The Balaban J connectivity index is 1.48. The number of rotatable bonds is 8. The summed E-state index contributed by atoms with van der Waals surface area (Å²) in [5, 5.41) is 10.2. The first-order valence-corrected chi connectivity index (χ1v) is 11.6. The number of aliphatic hydroxyl groups is 1. The zero-order valence-electron chi connectivity index (χ0n) is 17.4. The molecule has 164 valence electrons. The van der Waals surface area contributed by atoms with E-state index in [1.165, 1.54) is 28.6 Å². The highest BCUT2D eigenvalue weighted by atomic mass is 32.2. The van der Waals surface area contributed by atoms with E-state index < -0.39 is 16.1 Å². The zero-order chi connectivity index (χ0) is 21.7. The van der Waals surface area contributed by atoms with Gasteiger partial charge in [0.2, 0.25) is 10.0 Å². The van der Waals surface area contributed by atoms with E-state index in [2.05, 4.69) is 13.8 Å². The quantitative estimate of drug-likeness (QED) is 0.689. The lowest BCUT2D eigenvalue weighted by Gasteiger charge is -2.34. The number of piperazine rings is 1. The summed E-state index contributed by atoms with van der Waals surface area (Å²) in [7, 11) is -3.52. The Bertz CT molecular complexity index is 909. The van der Waals surface area contributed by atoms with Crippen LogP contribution in [-0.4, -0.2) is 68.2 Å². The second-order valence-corrected chi connectivity index (χ2v) is 9.79. The van der Waals surface area contributed by atoms with E-state index >= 15 is 0 Å². The number of sulfonamides is 1. The standard InChI is InChI=1S/C22H29FN2O4S/c1-17(2)18-3-9-22(10-4-18)30(27,28)25-13-11-24(12-14-25)15-20(26)16-29-21-7-5-19(23)6-8-21/h3-10,17,20,26H,11-16H2,1-2H3. The van der Waals surface area contributed by atoms with E-state index in [0.29, 0.717) is 49.3 Å². The molecule has 1 heterocycles. The smallest absolute Gasteiger partial charge is 0.243 e. The Kier molecular flexibility index (Phi) is 7.46. The van der Waals surface area contributed by atoms with Crippen LogP contribution >= 0.6 is 0 Å². The molecule has 1 N–H and O–H groups in total. The molecule has 1 unspecified atom stereocenters. The van der Waals surface area contributed by atoms with Gasteiger partial charge in [-0.3, -0.25) is 4.90 Å².